The molecule has 0 saturated carbocycles. The number of hydrogen-bond donors (Lipinski definition) is 0. The van der Waals surface area contributed by atoms with Crippen molar-refractivity contribution in [1.29, 1.82) is 0 Å². The lowest BCUT2D eigenvalue weighted by Crippen LogP contribution is -2.34. The van der Waals surface area contributed by atoms with Gasteiger partial charge in [-0.1, -0.05) is 38.3 Å². The van der Waals surface area contributed by atoms with E-state index in [2.05, 4.69) is 11.8 Å². The molecule has 1 fully saturated rings. The van der Waals surface area contributed by atoms with Crippen LogP contribution in [0, 0.1) is 5.92 Å². The van der Waals surface area contributed by atoms with Gasteiger partial charge in [-0.05, 0) is 63.9 Å². The molecular formula is C21H33NO2. The van der Waals surface area contributed by atoms with Gasteiger partial charge in [-0.15, -0.1) is 0 Å². The summed E-state index contributed by atoms with van der Waals surface area (Å²) in [6.45, 7) is 8.28. The second-order valence-corrected chi connectivity index (χ2v) is 6.88. The topological polar surface area (TPSA) is 29.5 Å². The van der Waals surface area contributed by atoms with Crippen molar-refractivity contribution >= 4 is 5.78 Å². The molecule has 0 spiro atoms. The Labute approximate surface area is 147 Å². The third kappa shape index (κ3) is 5.94. The summed E-state index contributed by atoms with van der Waals surface area (Å²) in [7, 11) is 0. The van der Waals surface area contributed by atoms with Gasteiger partial charge in [-0.2, -0.15) is 0 Å². The number of likely N-dealkylation sites (tertiary alicyclic amines) is 1. The molecule has 1 aliphatic rings. The van der Waals surface area contributed by atoms with Gasteiger partial charge >= 0.3 is 0 Å². The summed E-state index contributed by atoms with van der Waals surface area (Å²) < 4.78 is 5.57. The average Bonchev–Trinajstić information content (AvgIpc) is 2.61. The van der Waals surface area contributed by atoms with E-state index >= 15 is 0 Å². The molecule has 24 heavy (non-hydrogen) atoms. The Bertz CT molecular complexity index is 492. The Morgan fingerprint density at radius 2 is 1.92 bits per heavy atom. The van der Waals surface area contributed by atoms with Crippen molar-refractivity contribution in [2.24, 2.45) is 5.92 Å². The molecule has 0 bridgehead atoms. The molecule has 1 aromatic carbocycles. The zero-order chi connectivity index (χ0) is 17.2. The maximum atomic E-state index is 12.5. The van der Waals surface area contributed by atoms with Gasteiger partial charge in [0.2, 0.25) is 0 Å². The molecule has 3 nitrogen and oxygen atoms in total. The highest BCUT2D eigenvalue weighted by Crippen LogP contribution is 2.23. The monoisotopic (exact) mass is 331 g/mol. The Balaban J connectivity index is 1.70. The third-order valence-corrected chi connectivity index (χ3v) is 5.04. The van der Waals surface area contributed by atoms with Gasteiger partial charge in [-0.25, -0.2) is 0 Å². The number of para-hydroxylation sites is 1. The van der Waals surface area contributed by atoms with Crippen molar-refractivity contribution in [2.45, 2.75) is 58.8 Å². The van der Waals surface area contributed by atoms with Crippen LogP contribution in [-0.2, 0) is 0 Å². The number of Topliss-reactive ketones (excluding diaryl/α,β-unsaturated/α-hetero) is 1. The summed E-state index contributed by atoms with van der Waals surface area (Å²) >= 11 is 0. The smallest absolute Gasteiger partial charge is 0.166 e. The lowest BCUT2D eigenvalue weighted by molar-refractivity contribution is 0.0966. The normalized spacial score (nSPS) is 16.2. The first kappa shape index (κ1) is 19.0. The zero-order valence-electron chi connectivity index (χ0n) is 15.4. The summed E-state index contributed by atoms with van der Waals surface area (Å²) in [4.78, 5) is 15.0. The summed E-state index contributed by atoms with van der Waals surface area (Å²) in [6.07, 6.45) is 8.31. The van der Waals surface area contributed by atoms with Crippen LogP contribution in [0.2, 0.25) is 0 Å². The molecular weight excluding hydrogens is 298 g/mol. The molecule has 0 amide bonds. The SMILES string of the molecule is CCCCC1CCN(CCCC(=O)c2ccccc2OCC)CC1. The van der Waals surface area contributed by atoms with E-state index in [-0.39, 0.29) is 5.78 Å². The van der Waals surface area contributed by atoms with Gasteiger partial charge in [0.1, 0.15) is 5.75 Å². The molecule has 0 aromatic heterocycles. The standard InChI is InChI=1S/C21H33NO2/c1-3-5-9-18-13-16-22(17-14-18)15-8-11-20(23)19-10-6-7-12-21(19)24-4-2/h6-7,10,12,18H,3-5,8-9,11,13-17H2,1-2H3. The van der Waals surface area contributed by atoms with Crippen LogP contribution < -0.4 is 4.74 Å². The molecule has 1 aliphatic heterocycles. The molecule has 0 aliphatic carbocycles. The van der Waals surface area contributed by atoms with Gasteiger partial charge in [0.25, 0.3) is 0 Å². The van der Waals surface area contributed by atoms with Gasteiger partial charge in [0.05, 0.1) is 12.2 Å². The first-order valence-corrected chi connectivity index (χ1v) is 9.72. The minimum absolute atomic E-state index is 0.205. The van der Waals surface area contributed by atoms with Crippen LogP contribution in [0.1, 0.15) is 69.2 Å². The minimum Gasteiger partial charge on any atom is -0.493 e. The number of carbonyl (C=O) groups is 1. The van der Waals surface area contributed by atoms with E-state index in [0.29, 0.717) is 13.0 Å². The van der Waals surface area contributed by atoms with E-state index < -0.39 is 0 Å². The molecule has 1 heterocycles. The van der Waals surface area contributed by atoms with E-state index in [9.17, 15) is 4.79 Å². The van der Waals surface area contributed by atoms with Gasteiger partial charge in [0, 0.05) is 6.42 Å². The van der Waals surface area contributed by atoms with Crippen LogP contribution in [0.15, 0.2) is 24.3 Å². The van der Waals surface area contributed by atoms with Crippen molar-refractivity contribution < 1.29 is 9.53 Å². The second-order valence-electron chi connectivity index (χ2n) is 6.88. The van der Waals surface area contributed by atoms with Crippen LogP contribution in [0.4, 0.5) is 0 Å². The maximum Gasteiger partial charge on any atom is 0.166 e. The van der Waals surface area contributed by atoms with Crippen molar-refractivity contribution in [1.82, 2.24) is 4.90 Å². The quantitative estimate of drug-likeness (QED) is 0.568. The minimum atomic E-state index is 0.205. The number of benzene rings is 1. The lowest BCUT2D eigenvalue weighted by Gasteiger charge is -2.31. The number of carbonyl (C=O) groups excluding carboxylic acids is 1. The molecule has 2 rings (SSSR count). The summed E-state index contributed by atoms with van der Waals surface area (Å²) in [5.74, 6) is 1.86. The highest BCUT2D eigenvalue weighted by Gasteiger charge is 2.19. The lowest BCUT2D eigenvalue weighted by atomic mass is 9.91. The van der Waals surface area contributed by atoms with Crippen molar-refractivity contribution in [3.05, 3.63) is 29.8 Å². The van der Waals surface area contributed by atoms with Gasteiger partial charge in [-0.3, -0.25) is 4.79 Å². The van der Waals surface area contributed by atoms with Crippen molar-refractivity contribution in [3.8, 4) is 5.75 Å². The maximum absolute atomic E-state index is 12.5. The second kappa shape index (κ2) is 10.5. The van der Waals surface area contributed by atoms with Crippen molar-refractivity contribution in [3.63, 3.8) is 0 Å². The van der Waals surface area contributed by atoms with E-state index in [1.54, 1.807) is 0 Å². The molecule has 1 saturated heterocycles. The van der Waals surface area contributed by atoms with Crippen LogP contribution in [0.25, 0.3) is 0 Å². The van der Waals surface area contributed by atoms with Crippen molar-refractivity contribution in [2.75, 3.05) is 26.2 Å². The Kier molecular flexibility index (Phi) is 8.31. The fourth-order valence-corrected chi connectivity index (χ4v) is 3.57. The number of ether oxygens (including phenoxy) is 1. The number of hydrogen-bond acceptors (Lipinski definition) is 3. The third-order valence-electron chi connectivity index (χ3n) is 5.04. The number of unbranched alkanes of at least 4 members (excludes halogenated alkanes) is 1. The zero-order valence-corrected chi connectivity index (χ0v) is 15.4. The van der Waals surface area contributed by atoms with Crippen LogP contribution in [0.5, 0.6) is 5.75 Å². The highest BCUT2D eigenvalue weighted by atomic mass is 16.5. The predicted molar refractivity (Wildman–Crippen MR) is 99.9 cm³/mol. The van der Waals surface area contributed by atoms with E-state index in [1.807, 2.05) is 31.2 Å². The highest BCUT2D eigenvalue weighted by molar-refractivity contribution is 5.98. The van der Waals surface area contributed by atoms with Gasteiger partial charge < -0.3 is 9.64 Å². The Morgan fingerprint density at radius 1 is 1.17 bits per heavy atom. The summed E-state index contributed by atoms with van der Waals surface area (Å²) in [5, 5.41) is 0. The average molecular weight is 332 g/mol. The summed E-state index contributed by atoms with van der Waals surface area (Å²) in [5.41, 5.74) is 0.734. The Morgan fingerprint density at radius 3 is 2.62 bits per heavy atom. The fraction of sp³-hybridized carbons (Fsp3) is 0.667. The molecule has 0 atom stereocenters. The molecule has 0 N–H and O–H groups in total. The van der Waals surface area contributed by atoms with E-state index in [0.717, 1.165) is 30.2 Å². The van der Waals surface area contributed by atoms with Crippen LogP contribution >= 0.6 is 0 Å². The van der Waals surface area contributed by atoms with Gasteiger partial charge in [0.15, 0.2) is 5.78 Å². The molecule has 134 valence electrons. The largest absolute Gasteiger partial charge is 0.493 e. The number of piperidine rings is 1. The van der Waals surface area contributed by atoms with E-state index in [1.165, 1.54) is 45.2 Å². The van der Waals surface area contributed by atoms with E-state index in [4.69, 9.17) is 4.74 Å². The van der Waals surface area contributed by atoms with Crippen LogP contribution in [0.3, 0.4) is 0 Å². The first-order valence-electron chi connectivity index (χ1n) is 9.72. The fourth-order valence-electron chi connectivity index (χ4n) is 3.57. The first-order chi connectivity index (χ1) is 11.7. The molecule has 0 radical (unpaired) electrons. The molecule has 0 unspecified atom stereocenters. The van der Waals surface area contributed by atoms with Crippen LogP contribution in [-0.4, -0.2) is 36.9 Å². The summed E-state index contributed by atoms with van der Waals surface area (Å²) in [6, 6.07) is 7.60. The number of rotatable bonds is 10. The Hall–Kier alpha value is -1.35. The number of ketones is 1. The molecule has 3 heteroatoms. The predicted octanol–water partition coefficient (Wildman–Crippen LogP) is 4.95. The number of nitrogens with zero attached hydrogens (tertiary/aromatic N) is 1. The molecule has 1 aromatic rings.